The zero-order chi connectivity index (χ0) is 15.6. The maximum absolute atomic E-state index is 12.8. The highest BCUT2D eigenvalue weighted by Gasteiger charge is 2.32. The number of hydrogen-bond acceptors (Lipinski definition) is 3. The van der Waals surface area contributed by atoms with Gasteiger partial charge in [-0.2, -0.15) is 13.2 Å². The predicted octanol–water partition coefficient (Wildman–Crippen LogP) is 2.95. The number of thiocarbonyl (C=S) groups is 1. The van der Waals surface area contributed by atoms with Crippen LogP contribution in [0.1, 0.15) is 24.0 Å². The Morgan fingerprint density at radius 3 is 2.48 bits per heavy atom. The minimum atomic E-state index is -4.41. The standard InChI is InChI=1S/C14H17F3N2OS/c1-19(10-4-6-20-7-5-10)12-3-2-9(14(15,16)17)8-11(12)13(18)21/h2-3,8,10H,4-7H2,1H3,(H2,18,21). The molecule has 2 rings (SSSR count). The van der Waals surface area contributed by atoms with Gasteiger partial charge in [0.05, 0.1) is 5.56 Å². The van der Waals surface area contributed by atoms with Crippen molar-refractivity contribution in [2.75, 3.05) is 25.2 Å². The molecule has 1 aromatic rings. The van der Waals surface area contributed by atoms with Crippen LogP contribution in [0.5, 0.6) is 0 Å². The van der Waals surface area contributed by atoms with E-state index in [-0.39, 0.29) is 16.6 Å². The second kappa shape index (κ2) is 6.19. The first-order valence-electron chi connectivity index (χ1n) is 6.62. The van der Waals surface area contributed by atoms with Crippen LogP contribution in [0.15, 0.2) is 18.2 Å². The first-order valence-corrected chi connectivity index (χ1v) is 7.03. The molecule has 2 N–H and O–H groups in total. The van der Waals surface area contributed by atoms with E-state index in [4.69, 9.17) is 22.7 Å². The molecule has 1 fully saturated rings. The Balaban J connectivity index is 2.36. The third-order valence-electron chi connectivity index (χ3n) is 3.71. The summed E-state index contributed by atoms with van der Waals surface area (Å²) in [6.45, 7) is 1.30. The van der Waals surface area contributed by atoms with Gasteiger partial charge < -0.3 is 15.4 Å². The highest BCUT2D eigenvalue weighted by molar-refractivity contribution is 7.80. The van der Waals surface area contributed by atoms with Crippen molar-refractivity contribution in [1.82, 2.24) is 0 Å². The number of nitrogens with zero attached hydrogens (tertiary/aromatic N) is 1. The zero-order valence-corrected chi connectivity index (χ0v) is 12.4. The topological polar surface area (TPSA) is 38.5 Å². The normalized spacial score (nSPS) is 16.8. The van der Waals surface area contributed by atoms with Crippen LogP contribution in [0.3, 0.4) is 0 Å². The van der Waals surface area contributed by atoms with E-state index in [9.17, 15) is 13.2 Å². The van der Waals surface area contributed by atoms with Crippen molar-refractivity contribution >= 4 is 22.9 Å². The van der Waals surface area contributed by atoms with Gasteiger partial charge in [-0.3, -0.25) is 0 Å². The molecule has 3 nitrogen and oxygen atoms in total. The van der Waals surface area contributed by atoms with Gasteiger partial charge >= 0.3 is 6.18 Å². The summed E-state index contributed by atoms with van der Waals surface area (Å²) in [5.41, 5.74) is 5.75. The van der Waals surface area contributed by atoms with Crippen LogP contribution >= 0.6 is 12.2 Å². The Morgan fingerprint density at radius 2 is 1.95 bits per heavy atom. The van der Waals surface area contributed by atoms with E-state index in [1.807, 2.05) is 11.9 Å². The third-order valence-corrected chi connectivity index (χ3v) is 3.93. The van der Waals surface area contributed by atoms with Gasteiger partial charge in [-0.25, -0.2) is 0 Å². The summed E-state index contributed by atoms with van der Waals surface area (Å²) in [4.78, 5) is 1.91. The number of hydrogen-bond donors (Lipinski definition) is 1. The predicted molar refractivity (Wildman–Crippen MR) is 79.6 cm³/mol. The van der Waals surface area contributed by atoms with Crippen molar-refractivity contribution < 1.29 is 17.9 Å². The van der Waals surface area contributed by atoms with Crippen molar-refractivity contribution in [1.29, 1.82) is 0 Å². The van der Waals surface area contributed by atoms with E-state index < -0.39 is 11.7 Å². The zero-order valence-electron chi connectivity index (χ0n) is 11.6. The summed E-state index contributed by atoms with van der Waals surface area (Å²) < 4.78 is 43.7. The molecule has 0 aliphatic carbocycles. The van der Waals surface area contributed by atoms with E-state index in [1.54, 1.807) is 0 Å². The van der Waals surface area contributed by atoms with Crippen molar-refractivity contribution in [3.63, 3.8) is 0 Å². The first-order chi connectivity index (χ1) is 9.80. The van der Waals surface area contributed by atoms with E-state index in [2.05, 4.69) is 0 Å². The van der Waals surface area contributed by atoms with Crippen LogP contribution in [-0.2, 0) is 10.9 Å². The molecular weight excluding hydrogens is 301 g/mol. The fraction of sp³-hybridized carbons (Fsp3) is 0.500. The molecule has 0 bridgehead atoms. The van der Waals surface area contributed by atoms with E-state index in [0.29, 0.717) is 18.9 Å². The Bertz CT molecular complexity index is 527. The Kier molecular flexibility index (Phi) is 4.73. The van der Waals surface area contributed by atoms with Gasteiger partial charge in [0.1, 0.15) is 4.99 Å². The Morgan fingerprint density at radius 1 is 1.33 bits per heavy atom. The molecule has 0 saturated carbocycles. The van der Waals surface area contributed by atoms with Gasteiger partial charge in [-0.15, -0.1) is 0 Å². The maximum atomic E-state index is 12.8. The molecule has 1 aliphatic heterocycles. The van der Waals surface area contributed by atoms with Gasteiger partial charge in [0, 0.05) is 37.6 Å². The average molecular weight is 318 g/mol. The summed E-state index contributed by atoms with van der Waals surface area (Å²) in [6.07, 6.45) is -2.75. The molecule has 0 amide bonds. The lowest BCUT2D eigenvalue weighted by atomic mass is 10.0. The molecule has 1 aliphatic rings. The van der Waals surface area contributed by atoms with Crippen LogP contribution in [0.25, 0.3) is 0 Å². The molecule has 1 saturated heterocycles. The number of alkyl halides is 3. The third kappa shape index (κ3) is 3.65. The summed E-state index contributed by atoms with van der Waals surface area (Å²) in [5, 5.41) is 0. The molecule has 0 spiro atoms. The Labute approximate surface area is 126 Å². The molecule has 0 atom stereocenters. The number of rotatable bonds is 3. The quantitative estimate of drug-likeness (QED) is 0.870. The molecule has 116 valence electrons. The summed E-state index contributed by atoms with van der Waals surface area (Å²) in [7, 11) is 1.85. The number of benzene rings is 1. The van der Waals surface area contributed by atoms with Gasteiger partial charge in [0.25, 0.3) is 0 Å². The first kappa shape index (κ1) is 16.0. The molecule has 1 aromatic carbocycles. The number of halogens is 3. The van der Waals surface area contributed by atoms with Gasteiger partial charge in [0.2, 0.25) is 0 Å². The monoisotopic (exact) mass is 318 g/mol. The van der Waals surface area contributed by atoms with Crippen LogP contribution in [0.4, 0.5) is 18.9 Å². The van der Waals surface area contributed by atoms with Crippen LogP contribution < -0.4 is 10.6 Å². The van der Waals surface area contributed by atoms with E-state index >= 15 is 0 Å². The smallest absolute Gasteiger partial charge is 0.389 e. The maximum Gasteiger partial charge on any atom is 0.416 e. The summed E-state index contributed by atoms with van der Waals surface area (Å²) in [6, 6.07) is 3.73. The van der Waals surface area contributed by atoms with Crippen molar-refractivity contribution in [3.8, 4) is 0 Å². The van der Waals surface area contributed by atoms with E-state index in [0.717, 1.165) is 25.0 Å². The molecule has 0 radical (unpaired) electrons. The molecule has 7 heteroatoms. The molecular formula is C14H17F3N2OS. The molecule has 0 unspecified atom stereocenters. The van der Waals surface area contributed by atoms with Crippen molar-refractivity contribution in [2.24, 2.45) is 5.73 Å². The van der Waals surface area contributed by atoms with Crippen LogP contribution in [0.2, 0.25) is 0 Å². The molecule has 1 heterocycles. The van der Waals surface area contributed by atoms with Crippen LogP contribution in [-0.4, -0.2) is 31.3 Å². The van der Waals surface area contributed by atoms with Crippen LogP contribution in [0, 0.1) is 0 Å². The minimum Gasteiger partial charge on any atom is -0.389 e. The Hall–Kier alpha value is -1.34. The SMILES string of the molecule is CN(c1ccc(C(F)(F)F)cc1C(N)=S)C1CCOCC1. The number of nitrogens with two attached hydrogens (primary N) is 1. The van der Waals surface area contributed by atoms with E-state index in [1.165, 1.54) is 6.07 Å². The van der Waals surface area contributed by atoms with Crippen molar-refractivity contribution in [2.45, 2.75) is 25.1 Å². The highest BCUT2D eigenvalue weighted by Crippen LogP contribution is 2.33. The molecule has 0 aromatic heterocycles. The van der Waals surface area contributed by atoms with Crippen molar-refractivity contribution in [3.05, 3.63) is 29.3 Å². The molecule has 21 heavy (non-hydrogen) atoms. The summed E-state index contributed by atoms with van der Waals surface area (Å²) in [5.74, 6) is 0. The summed E-state index contributed by atoms with van der Waals surface area (Å²) >= 11 is 4.91. The lowest BCUT2D eigenvalue weighted by molar-refractivity contribution is -0.137. The fourth-order valence-electron chi connectivity index (χ4n) is 2.49. The van der Waals surface area contributed by atoms with Gasteiger partial charge in [-0.1, -0.05) is 12.2 Å². The average Bonchev–Trinajstić information content (AvgIpc) is 2.45. The lowest BCUT2D eigenvalue weighted by Crippen LogP contribution is -2.37. The second-order valence-electron chi connectivity index (χ2n) is 5.05. The van der Waals surface area contributed by atoms with Gasteiger partial charge in [0.15, 0.2) is 0 Å². The van der Waals surface area contributed by atoms with Gasteiger partial charge in [-0.05, 0) is 31.0 Å². The lowest BCUT2D eigenvalue weighted by Gasteiger charge is -2.34. The second-order valence-corrected chi connectivity index (χ2v) is 5.49. The highest BCUT2D eigenvalue weighted by atomic mass is 32.1. The fourth-order valence-corrected chi connectivity index (χ4v) is 2.65. The number of anilines is 1. The largest absolute Gasteiger partial charge is 0.416 e. The minimum absolute atomic E-state index is 0.0324. The number of ether oxygens (including phenoxy) is 1.